The first kappa shape index (κ1) is 12.8. The number of carbonyl (C=O) groups is 1. The Morgan fingerprint density at radius 3 is 2.67 bits per heavy atom. The number of hydrazine groups is 1. The monoisotopic (exact) mass is 249 g/mol. The van der Waals surface area contributed by atoms with Gasteiger partial charge in [0.1, 0.15) is 5.82 Å². The van der Waals surface area contributed by atoms with Gasteiger partial charge in [-0.05, 0) is 19.1 Å². The second-order valence-electron chi connectivity index (χ2n) is 4.40. The molecule has 1 atom stereocenters. The zero-order chi connectivity index (χ0) is 13.0. The van der Waals surface area contributed by atoms with Crippen LogP contribution in [0.2, 0.25) is 0 Å². The van der Waals surface area contributed by atoms with E-state index in [0.29, 0.717) is 0 Å². The number of hydrogen-bond donors (Lipinski definition) is 2. The van der Waals surface area contributed by atoms with Crippen LogP contribution in [0.5, 0.6) is 0 Å². The van der Waals surface area contributed by atoms with E-state index in [1.807, 2.05) is 25.1 Å². The topological polar surface area (TPSA) is 74.5 Å². The lowest BCUT2D eigenvalue weighted by atomic mass is 10.2. The summed E-state index contributed by atoms with van der Waals surface area (Å²) < 4.78 is 0. The smallest absolute Gasteiger partial charge is 0.250 e. The molecule has 0 bridgehead atoms. The molecule has 6 heteroatoms. The van der Waals surface area contributed by atoms with Crippen molar-refractivity contribution in [3.05, 3.63) is 24.4 Å². The molecule has 98 valence electrons. The van der Waals surface area contributed by atoms with Crippen molar-refractivity contribution >= 4 is 11.7 Å². The predicted molar refractivity (Wildman–Crippen MR) is 69.8 cm³/mol. The van der Waals surface area contributed by atoms with Gasteiger partial charge in [-0.25, -0.2) is 10.8 Å². The largest absolute Gasteiger partial charge is 0.354 e. The number of carbonyl (C=O) groups excluding carboxylic acids is 1. The summed E-state index contributed by atoms with van der Waals surface area (Å²) in [6.45, 7) is 5.30. The van der Waals surface area contributed by atoms with Crippen LogP contribution < -0.4 is 16.2 Å². The van der Waals surface area contributed by atoms with Crippen LogP contribution in [0, 0.1) is 0 Å². The molecule has 1 aromatic heterocycles. The van der Waals surface area contributed by atoms with Crippen molar-refractivity contribution in [1.29, 1.82) is 0 Å². The number of pyridine rings is 1. The Labute approximate surface area is 107 Å². The molecule has 1 aliphatic heterocycles. The van der Waals surface area contributed by atoms with E-state index in [1.54, 1.807) is 6.20 Å². The van der Waals surface area contributed by atoms with Crippen LogP contribution in [0.4, 0.5) is 5.82 Å². The molecule has 1 fully saturated rings. The van der Waals surface area contributed by atoms with Gasteiger partial charge in [0.25, 0.3) is 5.91 Å². The molecular formula is C12H19N5O. The third kappa shape index (κ3) is 2.77. The van der Waals surface area contributed by atoms with Crippen LogP contribution in [0.25, 0.3) is 0 Å². The van der Waals surface area contributed by atoms with E-state index in [1.165, 1.54) is 0 Å². The second kappa shape index (κ2) is 5.79. The molecule has 2 heterocycles. The maximum atomic E-state index is 11.5. The summed E-state index contributed by atoms with van der Waals surface area (Å²) in [5.41, 5.74) is 2.20. The van der Waals surface area contributed by atoms with E-state index in [0.717, 1.165) is 32.0 Å². The van der Waals surface area contributed by atoms with E-state index < -0.39 is 0 Å². The van der Waals surface area contributed by atoms with Crippen molar-refractivity contribution < 1.29 is 4.79 Å². The van der Waals surface area contributed by atoms with E-state index in [2.05, 4.69) is 20.2 Å². The summed E-state index contributed by atoms with van der Waals surface area (Å²) >= 11 is 0. The summed E-state index contributed by atoms with van der Waals surface area (Å²) in [7, 11) is 0. The number of piperazine rings is 1. The Morgan fingerprint density at radius 1 is 1.39 bits per heavy atom. The van der Waals surface area contributed by atoms with E-state index >= 15 is 0 Å². The Bertz CT molecular complexity index is 389. The highest BCUT2D eigenvalue weighted by Gasteiger charge is 2.25. The summed E-state index contributed by atoms with van der Waals surface area (Å²) in [6, 6.07) is 5.72. The van der Waals surface area contributed by atoms with Crippen molar-refractivity contribution in [2.45, 2.75) is 13.0 Å². The van der Waals surface area contributed by atoms with Gasteiger partial charge < -0.3 is 4.90 Å². The molecule has 1 amide bonds. The van der Waals surface area contributed by atoms with Gasteiger partial charge in [-0.15, -0.1) is 0 Å². The van der Waals surface area contributed by atoms with E-state index in [-0.39, 0.29) is 11.9 Å². The third-order valence-electron chi connectivity index (χ3n) is 3.36. The zero-order valence-electron chi connectivity index (χ0n) is 10.5. The molecule has 6 nitrogen and oxygen atoms in total. The average molecular weight is 249 g/mol. The minimum Gasteiger partial charge on any atom is -0.354 e. The number of hydrogen-bond acceptors (Lipinski definition) is 5. The fourth-order valence-corrected chi connectivity index (χ4v) is 2.17. The summed E-state index contributed by atoms with van der Waals surface area (Å²) in [5.74, 6) is 6.01. The summed E-state index contributed by atoms with van der Waals surface area (Å²) in [4.78, 5) is 20.1. The van der Waals surface area contributed by atoms with Crippen molar-refractivity contribution in [3.8, 4) is 0 Å². The molecule has 3 N–H and O–H groups in total. The Hall–Kier alpha value is -1.66. The number of anilines is 1. The highest BCUT2D eigenvalue weighted by atomic mass is 16.2. The number of amides is 1. The van der Waals surface area contributed by atoms with Crippen LogP contribution in [0.1, 0.15) is 6.92 Å². The van der Waals surface area contributed by atoms with Gasteiger partial charge >= 0.3 is 0 Å². The molecular weight excluding hydrogens is 230 g/mol. The molecule has 1 unspecified atom stereocenters. The van der Waals surface area contributed by atoms with Crippen LogP contribution in [-0.2, 0) is 4.79 Å². The van der Waals surface area contributed by atoms with Gasteiger partial charge in [0.15, 0.2) is 0 Å². The number of nitrogens with zero attached hydrogens (tertiary/aromatic N) is 3. The third-order valence-corrected chi connectivity index (χ3v) is 3.36. The van der Waals surface area contributed by atoms with Crippen molar-refractivity contribution in [1.82, 2.24) is 15.3 Å². The number of rotatable bonds is 3. The first-order chi connectivity index (χ1) is 8.72. The zero-order valence-corrected chi connectivity index (χ0v) is 10.5. The first-order valence-electron chi connectivity index (χ1n) is 6.13. The fraction of sp³-hybridized carbons (Fsp3) is 0.500. The van der Waals surface area contributed by atoms with Crippen molar-refractivity contribution in [2.24, 2.45) is 5.84 Å². The molecule has 0 aromatic carbocycles. The molecule has 1 saturated heterocycles. The van der Waals surface area contributed by atoms with Gasteiger partial charge in [-0.3, -0.25) is 15.1 Å². The quantitative estimate of drug-likeness (QED) is 0.432. The Morgan fingerprint density at radius 2 is 2.11 bits per heavy atom. The molecule has 0 saturated carbocycles. The van der Waals surface area contributed by atoms with Crippen LogP contribution in [0.15, 0.2) is 24.4 Å². The predicted octanol–water partition coefficient (Wildman–Crippen LogP) is -0.418. The molecule has 18 heavy (non-hydrogen) atoms. The SMILES string of the molecule is CC(C(=O)NN)N1CCN(c2ccccn2)CC1. The Balaban J connectivity index is 1.90. The fourth-order valence-electron chi connectivity index (χ4n) is 2.17. The summed E-state index contributed by atoms with van der Waals surface area (Å²) in [5, 5.41) is 0. The number of nitrogens with two attached hydrogens (primary N) is 1. The van der Waals surface area contributed by atoms with Gasteiger partial charge in [-0.1, -0.05) is 6.07 Å². The lowest BCUT2D eigenvalue weighted by Gasteiger charge is -2.37. The lowest BCUT2D eigenvalue weighted by Crippen LogP contribution is -2.55. The van der Waals surface area contributed by atoms with Crippen molar-refractivity contribution in [3.63, 3.8) is 0 Å². The standard InChI is InChI=1S/C12H19N5O/c1-10(12(18)15-13)16-6-8-17(9-7-16)11-4-2-3-5-14-11/h2-5,10H,6-9,13H2,1H3,(H,15,18). The Kier molecular flexibility index (Phi) is 4.11. The molecule has 1 aliphatic rings. The number of nitrogens with one attached hydrogen (secondary N) is 1. The van der Waals surface area contributed by atoms with Gasteiger partial charge in [0, 0.05) is 32.4 Å². The number of aromatic nitrogens is 1. The van der Waals surface area contributed by atoms with E-state index in [4.69, 9.17) is 5.84 Å². The second-order valence-corrected chi connectivity index (χ2v) is 4.40. The van der Waals surface area contributed by atoms with Gasteiger partial charge in [-0.2, -0.15) is 0 Å². The highest BCUT2D eigenvalue weighted by Crippen LogP contribution is 2.13. The normalized spacial score (nSPS) is 18.4. The molecule has 0 radical (unpaired) electrons. The van der Waals surface area contributed by atoms with Crippen LogP contribution in [-0.4, -0.2) is 48.0 Å². The minimum atomic E-state index is -0.180. The van der Waals surface area contributed by atoms with Crippen LogP contribution in [0.3, 0.4) is 0 Å². The molecule has 0 aliphatic carbocycles. The maximum absolute atomic E-state index is 11.5. The van der Waals surface area contributed by atoms with Gasteiger partial charge in [0.2, 0.25) is 0 Å². The first-order valence-corrected chi connectivity index (χ1v) is 6.13. The van der Waals surface area contributed by atoms with E-state index in [9.17, 15) is 4.79 Å². The highest BCUT2D eigenvalue weighted by molar-refractivity contribution is 5.80. The molecule has 0 spiro atoms. The minimum absolute atomic E-state index is 0.138. The molecule has 2 rings (SSSR count). The lowest BCUT2D eigenvalue weighted by molar-refractivity contribution is -0.126. The van der Waals surface area contributed by atoms with Gasteiger partial charge in [0.05, 0.1) is 6.04 Å². The van der Waals surface area contributed by atoms with Crippen LogP contribution >= 0.6 is 0 Å². The average Bonchev–Trinajstić information content (AvgIpc) is 2.47. The maximum Gasteiger partial charge on any atom is 0.250 e. The summed E-state index contributed by atoms with van der Waals surface area (Å²) in [6.07, 6.45) is 1.80. The molecule has 1 aromatic rings. The van der Waals surface area contributed by atoms with Crippen molar-refractivity contribution in [2.75, 3.05) is 31.1 Å².